The van der Waals surface area contributed by atoms with E-state index < -0.39 is 0 Å². The van der Waals surface area contributed by atoms with Gasteiger partial charge in [-0.3, -0.25) is 9.52 Å². The number of nitrogens with two attached hydrogens (primary N) is 1. The molecule has 1 aromatic heterocycles. The zero-order valence-electron chi connectivity index (χ0n) is 8.66. The van der Waals surface area contributed by atoms with Crippen LogP contribution in [0, 0.1) is 0 Å². The van der Waals surface area contributed by atoms with E-state index in [-0.39, 0.29) is 5.41 Å². The van der Waals surface area contributed by atoms with Crippen LogP contribution in [-0.2, 0) is 23.9 Å². The first-order valence-corrected chi connectivity index (χ1v) is 4.30. The molecule has 0 fully saturated rings. The van der Waals surface area contributed by atoms with E-state index in [1.807, 2.05) is 13.1 Å². The van der Waals surface area contributed by atoms with Crippen molar-refractivity contribution in [2.24, 2.45) is 12.9 Å². The maximum atomic E-state index is 5.01. The lowest BCUT2D eigenvalue weighted by molar-refractivity contribution is 0.118. The lowest BCUT2D eigenvalue weighted by Crippen LogP contribution is -2.12. The monoisotopic (exact) mass is 183 g/mol. The Hall–Kier alpha value is -0.870. The van der Waals surface area contributed by atoms with Crippen LogP contribution < -0.4 is 5.90 Å². The van der Waals surface area contributed by atoms with Gasteiger partial charge < -0.3 is 0 Å². The number of aromatic nitrogens is 2. The summed E-state index contributed by atoms with van der Waals surface area (Å²) < 4.78 is 1.80. The third kappa shape index (κ3) is 2.29. The highest BCUT2D eigenvalue weighted by molar-refractivity contribution is 5.16. The van der Waals surface area contributed by atoms with Gasteiger partial charge in [0.2, 0.25) is 0 Å². The first-order chi connectivity index (χ1) is 5.95. The van der Waals surface area contributed by atoms with E-state index in [4.69, 9.17) is 5.90 Å². The first-order valence-electron chi connectivity index (χ1n) is 4.30. The Morgan fingerprint density at radius 3 is 2.54 bits per heavy atom. The molecule has 13 heavy (non-hydrogen) atoms. The molecular formula is C9H17N3O. The molecule has 4 heteroatoms. The molecule has 0 radical (unpaired) electrons. The molecule has 0 saturated carbocycles. The van der Waals surface area contributed by atoms with Crippen molar-refractivity contribution in [3.63, 3.8) is 0 Å². The van der Waals surface area contributed by atoms with E-state index >= 15 is 0 Å². The average molecular weight is 183 g/mol. The Bertz CT molecular complexity index is 286. The Kier molecular flexibility index (Phi) is 2.73. The van der Waals surface area contributed by atoms with E-state index in [2.05, 4.69) is 30.7 Å². The van der Waals surface area contributed by atoms with E-state index in [1.54, 1.807) is 4.68 Å². The fraction of sp³-hybridized carbons (Fsp3) is 0.667. The van der Waals surface area contributed by atoms with Crippen molar-refractivity contribution in [3.8, 4) is 0 Å². The highest BCUT2D eigenvalue weighted by atomic mass is 16.6. The van der Waals surface area contributed by atoms with Crippen molar-refractivity contribution in [3.05, 3.63) is 17.5 Å². The second kappa shape index (κ2) is 3.47. The summed E-state index contributed by atoms with van der Waals surface area (Å²) in [5, 5.41) is 4.38. The molecule has 1 heterocycles. The highest BCUT2D eigenvalue weighted by Gasteiger charge is 2.18. The standard InChI is InChI=1S/C9H17N3O/c1-9(2,3)8-5-7(6-13-10)12(4)11-8/h5H,6,10H2,1-4H3. The molecule has 1 rings (SSSR count). The van der Waals surface area contributed by atoms with Gasteiger partial charge in [0, 0.05) is 12.5 Å². The summed E-state index contributed by atoms with van der Waals surface area (Å²) in [6.07, 6.45) is 0. The van der Waals surface area contributed by atoms with E-state index in [1.165, 1.54) is 0 Å². The van der Waals surface area contributed by atoms with Crippen LogP contribution in [0.1, 0.15) is 32.2 Å². The SMILES string of the molecule is Cn1nc(C(C)(C)C)cc1CON. The molecule has 0 aliphatic heterocycles. The third-order valence-corrected chi connectivity index (χ3v) is 1.98. The van der Waals surface area contributed by atoms with Crippen LogP contribution in [0.3, 0.4) is 0 Å². The number of aryl methyl sites for hydroxylation is 1. The fourth-order valence-corrected chi connectivity index (χ4v) is 1.09. The van der Waals surface area contributed by atoms with E-state index in [0.717, 1.165) is 11.4 Å². The molecule has 0 aromatic carbocycles. The molecule has 0 atom stereocenters. The van der Waals surface area contributed by atoms with Gasteiger partial charge in [0.1, 0.15) is 6.61 Å². The van der Waals surface area contributed by atoms with Gasteiger partial charge in [0.25, 0.3) is 0 Å². The van der Waals surface area contributed by atoms with Gasteiger partial charge >= 0.3 is 0 Å². The van der Waals surface area contributed by atoms with E-state index in [9.17, 15) is 0 Å². The van der Waals surface area contributed by atoms with Gasteiger partial charge in [0.05, 0.1) is 11.4 Å². The summed E-state index contributed by atoms with van der Waals surface area (Å²) in [5.41, 5.74) is 2.12. The Morgan fingerprint density at radius 1 is 1.54 bits per heavy atom. The minimum atomic E-state index is 0.0740. The van der Waals surface area contributed by atoms with E-state index in [0.29, 0.717) is 6.61 Å². The van der Waals surface area contributed by atoms with Gasteiger partial charge in [-0.1, -0.05) is 20.8 Å². The van der Waals surface area contributed by atoms with Crippen LogP contribution in [0.5, 0.6) is 0 Å². The molecule has 1 aromatic rings. The van der Waals surface area contributed by atoms with Crippen LogP contribution in [0.25, 0.3) is 0 Å². The molecule has 0 aliphatic carbocycles. The normalized spacial score (nSPS) is 12.1. The first kappa shape index (κ1) is 10.2. The molecule has 0 spiro atoms. The van der Waals surface area contributed by atoms with Crippen LogP contribution in [0.4, 0.5) is 0 Å². The Balaban J connectivity index is 2.95. The number of hydrogen-bond donors (Lipinski definition) is 1. The Labute approximate surface area is 78.6 Å². The molecule has 74 valence electrons. The van der Waals surface area contributed by atoms with Gasteiger partial charge in [-0.25, -0.2) is 5.90 Å². The van der Waals surface area contributed by atoms with Crippen LogP contribution in [-0.4, -0.2) is 9.78 Å². The summed E-state index contributed by atoms with van der Waals surface area (Å²) >= 11 is 0. The highest BCUT2D eigenvalue weighted by Crippen LogP contribution is 2.21. The van der Waals surface area contributed by atoms with Gasteiger partial charge in [-0.2, -0.15) is 5.10 Å². The molecule has 0 aliphatic rings. The second-order valence-corrected chi connectivity index (χ2v) is 4.21. The predicted molar refractivity (Wildman–Crippen MR) is 50.9 cm³/mol. The summed E-state index contributed by atoms with van der Waals surface area (Å²) in [4.78, 5) is 4.57. The van der Waals surface area contributed by atoms with Crippen LogP contribution in [0.2, 0.25) is 0 Å². The zero-order valence-corrected chi connectivity index (χ0v) is 8.66. The third-order valence-electron chi connectivity index (χ3n) is 1.98. The summed E-state index contributed by atoms with van der Waals surface area (Å²) in [6, 6.07) is 2.02. The predicted octanol–water partition coefficient (Wildman–Crippen LogP) is 1.11. The largest absolute Gasteiger partial charge is 0.298 e. The van der Waals surface area contributed by atoms with Crippen LogP contribution >= 0.6 is 0 Å². The molecule has 0 amide bonds. The topological polar surface area (TPSA) is 53.1 Å². The fourth-order valence-electron chi connectivity index (χ4n) is 1.09. The van der Waals surface area contributed by atoms with Crippen molar-refractivity contribution >= 4 is 0 Å². The Morgan fingerprint density at radius 2 is 2.15 bits per heavy atom. The van der Waals surface area contributed by atoms with Crippen molar-refractivity contribution in [1.29, 1.82) is 0 Å². The van der Waals surface area contributed by atoms with Crippen molar-refractivity contribution in [2.45, 2.75) is 32.8 Å². The lowest BCUT2D eigenvalue weighted by Gasteiger charge is -2.13. The second-order valence-electron chi connectivity index (χ2n) is 4.21. The zero-order chi connectivity index (χ0) is 10.1. The molecule has 0 unspecified atom stereocenters. The van der Waals surface area contributed by atoms with Gasteiger partial charge in [0.15, 0.2) is 0 Å². The van der Waals surface area contributed by atoms with Gasteiger partial charge in [-0.15, -0.1) is 0 Å². The molecule has 0 bridgehead atoms. The number of hydrogen-bond acceptors (Lipinski definition) is 3. The minimum absolute atomic E-state index is 0.0740. The molecule has 2 N–H and O–H groups in total. The smallest absolute Gasteiger partial charge is 0.110 e. The minimum Gasteiger partial charge on any atom is -0.298 e. The summed E-state index contributed by atoms with van der Waals surface area (Å²) in [5.74, 6) is 5.01. The summed E-state index contributed by atoms with van der Waals surface area (Å²) in [7, 11) is 1.89. The van der Waals surface area contributed by atoms with Crippen molar-refractivity contribution < 1.29 is 4.84 Å². The molecule has 4 nitrogen and oxygen atoms in total. The van der Waals surface area contributed by atoms with Crippen molar-refractivity contribution in [1.82, 2.24) is 9.78 Å². The maximum Gasteiger partial charge on any atom is 0.110 e. The quantitative estimate of drug-likeness (QED) is 0.699. The number of rotatable bonds is 2. The van der Waals surface area contributed by atoms with Crippen molar-refractivity contribution in [2.75, 3.05) is 0 Å². The van der Waals surface area contributed by atoms with Crippen LogP contribution in [0.15, 0.2) is 6.07 Å². The average Bonchev–Trinajstić information content (AvgIpc) is 2.32. The van der Waals surface area contributed by atoms with Gasteiger partial charge in [-0.05, 0) is 6.07 Å². The summed E-state index contributed by atoms with van der Waals surface area (Å²) in [6.45, 7) is 6.78. The maximum absolute atomic E-state index is 5.01. The lowest BCUT2D eigenvalue weighted by atomic mass is 9.92. The molecule has 0 saturated heterocycles. The molecular weight excluding hydrogens is 166 g/mol. The number of nitrogens with zero attached hydrogens (tertiary/aromatic N) is 2.